The Hall–Kier alpha value is -1.61. The molecule has 1 radical (unpaired) electrons. The summed E-state index contributed by atoms with van der Waals surface area (Å²) in [5.41, 5.74) is 1.04. The largest absolute Gasteiger partial charge is 0.224 e. The van der Waals surface area contributed by atoms with Gasteiger partial charge in [0, 0.05) is 0 Å². The van der Waals surface area contributed by atoms with Crippen LogP contribution >= 0.6 is 0 Å². The average molecular weight is 245 g/mol. The van der Waals surface area contributed by atoms with Crippen molar-refractivity contribution < 1.29 is 8.42 Å². The SMILES string of the molecule is O=S(=O)(CCc1ccccc1)c1cc[c]cc1. The van der Waals surface area contributed by atoms with Crippen LogP contribution in [-0.4, -0.2) is 14.2 Å². The number of rotatable bonds is 4. The first kappa shape index (κ1) is 11.9. The van der Waals surface area contributed by atoms with E-state index in [0.717, 1.165) is 5.56 Å². The lowest BCUT2D eigenvalue weighted by atomic mass is 10.2. The van der Waals surface area contributed by atoms with E-state index in [9.17, 15) is 8.42 Å². The van der Waals surface area contributed by atoms with Crippen molar-refractivity contribution in [3.05, 3.63) is 66.2 Å². The molecule has 0 saturated carbocycles. The molecule has 0 bridgehead atoms. The molecule has 0 N–H and O–H groups in total. The van der Waals surface area contributed by atoms with Crippen molar-refractivity contribution in [2.75, 3.05) is 5.75 Å². The van der Waals surface area contributed by atoms with Crippen molar-refractivity contribution in [2.24, 2.45) is 0 Å². The number of sulfone groups is 1. The first-order chi connectivity index (χ1) is 8.18. The molecule has 0 saturated heterocycles. The van der Waals surface area contributed by atoms with E-state index in [1.54, 1.807) is 24.3 Å². The van der Waals surface area contributed by atoms with Crippen LogP contribution in [0.3, 0.4) is 0 Å². The smallest absolute Gasteiger partial charge is 0.178 e. The fourth-order valence-electron chi connectivity index (χ4n) is 1.59. The van der Waals surface area contributed by atoms with Gasteiger partial charge in [0.2, 0.25) is 0 Å². The normalized spacial score (nSPS) is 11.3. The van der Waals surface area contributed by atoms with Crippen molar-refractivity contribution >= 4 is 9.84 Å². The minimum atomic E-state index is -3.18. The van der Waals surface area contributed by atoms with Gasteiger partial charge in [0.1, 0.15) is 0 Å². The zero-order chi connectivity index (χ0) is 12.1. The van der Waals surface area contributed by atoms with E-state index in [1.807, 2.05) is 30.3 Å². The third-order valence-electron chi connectivity index (χ3n) is 2.55. The summed E-state index contributed by atoms with van der Waals surface area (Å²) < 4.78 is 24.0. The minimum Gasteiger partial charge on any atom is -0.224 e. The van der Waals surface area contributed by atoms with Crippen LogP contribution < -0.4 is 0 Å². The van der Waals surface area contributed by atoms with Gasteiger partial charge in [-0.25, -0.2) is 8.42 Å². The summed E-state index contributed by atoms with van der Waals surface area (Å²) in [6, 6.07) is 18.9. The third kappa shape index (κ3) is 3.17. The second-order valence-electron chi connectivity index (χ2n) is 3.79. The Morgan fingerprint density at radius 3 is 2.24 bits per heavy atom. The van der Waals surface area contributed by atoms with Gasteiger partial charge in [-0.15, -0.1) is 0 Å². The molecule has 0 fully saturated rings. The fourth-order valence-corrected chi connectivity index (χ4v) is 2.88. The summed E-state index contributed by atoms with van der Waals surface area (Å²) >= 11 is 0. The molecule has 0 atom stereocenters. The highest BCUT2D eigenvalue weighted by atomic mass is 32.2. The van der Waals surface area contributed by atoms with Crippen molar-refractivity contribution in [1.29, 1.82) is 0 Å². The Bertz CT molecular complexity index is 560. The molecule has 0 spiro atoms. The predicted octanol–water partition coefficient (Wildman–Crippen LogP) is 2.50. The zero-order valence-electron chi connectivity index (χ0n) is 9.34. The summed E-state index contributed by atoms with van der Waals surface area (Å²) in [6.07, 6.45) is 0.543. The minimum absolute atomic E-state index is 0.140. The van der Waals surface area contributed by atoms with Gasteiger partial charge in [-0.3, -0.25) is 0 Å². The average Bonchev–Trinajstić information content (AvgIpc) is 2.39. The molecule has 0 amide bonds. The van der Waals surface area contributed by atoms with Crippen LogP contribution in [0.5, 0.6) is 0 Å². The molecule has 0 aromatic heterocycles. The molecule has 0 aliphatic heterocycles. The maximum absolute atomic E-state index is 12.0. The molecule has 0 aliphatic carbocycles. The Kier molecular flexibility index (Phi) is 3.59. The first-order valence-corrected chi connectivity index (χ1v) is 7.06. The Labute approximate surface area is 102 Å². The summed E-state index contributed by atoms with van der Waals surface area (Å²) in [6.45, 7) is 0. The van der Waals surface area contributed by atoms with Crippen molar-refractivity contribution in [3.8, 4) is 0 Å². The number of hydrogen-bond donors (Lipinski definition) is 0. The first-order valence-electron chi connectivity index (χ1n) is 5.41. The molecule has 17 heavy (non-hydrogen) atoms. The molecule has 2 aromatic rings. The lowest BCUT2D eigenvalue weighted by Crippen LogP contribution is -2.09. The van der Waals surface area contributed by atoms with Gasteiger partial charge in [0.15, 0.2) is 9.84 Å². The van der Waals surface area contributed by atoms with Crippen LogP contribution in [0.1, 0.15) is 5.56 Å². The van der Waals surface area contributed by atoms with Crippen LogP contribution in [0.2, 0.25) is 0 Å². The van der Waals surface area contributed by atoms with Gasteiger partial charge in [0.25, 0.3) is 0 Å². The van der Waals surface area contributed by atoms with Crippen molar-refractivity contribution in [3.63, 3.8) is 0 Å². The van der Waals surface area contributed by atoms with E-state index in [2.05, 4.69) is 6.07 Å². The molecule has 0 heterocycles. The maximum atomic E-state index is 12.0. The summed E-state index contributed by atoms with van der Waals surface area (Å²) in [7, 11) is -3.18. The zero-order valence-corrected chi connectivity index (χ0v) is 10.2. The lowest BCUT2D eigenvalue weighted by molar-refractivity contribution is 0.595. The maximum Gasteiger partial charge on any atom is 0.178 e. The van der Waals surface area contributed by atoms with Crippen LogP contribution in [0.25, 0.3) is 0 Å². The standard InChI is InChI=1S/C14H13O2S/c15-17(16,14-9-5-2-6-10-14)12-11-13-7-3-1-4-8-13/h1,3-10H,11-12H2. The Morgan fingerprint density at radius 1 is 0.941 bits per heavy atom. The summed E-state index contributed by atoms with van der Waals surface area (Å²) in [5, 5.41) is 0. The summed E-state index contributed by atoms with van der Waals surface area (Å²) in [4.78, 5) is 0.368. The highest BCUT2D eigenvalue weighted by molar-refractivity contribution is 7.91. The molecule has 0 unspecified atom stereocenters. The monoisotopic (exact) mass is 245 g/mol. The van der Waals surface area contributed by atoms with Gasteiger partial charge in [-0.2, -0.15) is 0 Å². The second-order valence-corrected chi connectivity index (χ2v) is 5.90. The molecular formula is C14H13O2S. The van der Waals surface area contributed by atoms with Crippen LogP contribution in [-0.2, 0) is 16.3 Å². The molecule has 3 heteroatoms. The number of hydrogen-bond acceptors (Lipinski definition) is 2. The quantitative estimate of drug-likeness (QED) is 0.829. The van der Waals surface area contributed by atoms with E-state index in [-0.39, 0.29) is 5.75 Å². The second kappa shape index (κ2) is 5.15. The van der Waals surface area contributed by atoms with Crippen molar-refractivity contribution in [1.82, 2.24) is 0 Å². The lowest BCUT2D eigenvalue weighted by Gasteiger charge is -2.04. The van der Waals surface area contributed by atoms with Crippen LogP contribution in [0, 0.1) is 6.07 Å². The van der Waals surface area contributed by atoms with Crippen LogP contribution in [0.15, 0.2) is 59.5 Å². The predicted molar refractivity (Wildman–Crippen MR) is 67.5 cm³/mol. The molecule has 2 nitrogen and oxygen atoms in total. The highest BCUT2D eigenvalue weighted by Crippen LogP contribution is 2.12. The number of benzene rings is 2. The molecule has 2 rings (SSSR count). The van der Waals surface area contributed by atoms with Gasteiger partial charge in [0.05, 0.1) is 10.6 Å². The van der Waals surface area contributed by atoms with Gasteiger partial charge in [-0.1, -0.05) is 42.5 Å². The van der Waals surface area contributed by atoms with Crippen LogP contribution in [0.4, 0.5) is 0 Å². The molecule has 87 valence electrons. The van der Waals surface area contributed by atoms with E-state index < -0.39 is 9.84 Å². The highest BCUT2D eigenvalue weighted by Gasteiger charge is 2.13. The summed E-state index contributed by atoms with van der Waals surface area (Å²) in [5.74, 6) is 0.140. The fraction of sp³-hybridized carbons (Fsp3) is 0.143. The van der Waals surface area contributed by atoms with Gasteiger partial charge in [-0.05, 0) is 30.2 Å². The molecular weight excluding hydrogens is 232 g/mol. The Morgan fingerprint density at radius 2 is 1.59 bits per heavy atom. The van der Waals surface area contributed by atoms with E-state index in [1.165, 1.54) is 0 Å². The van der Waals surface area contributed by atoms with E-state index >= 15 is 0 Å². The Balaban J connectivity index is 2.09. The van der Waals surface area contributed by atoms with Crippen molar-refractivity contribution in [2.45, 2.75) is 11.3 Å². The number of aryl methyl sites for hydroxylation is 1. The topological polar surface area (TPSA) is 34.1 Å². The van der Waals surface area contributed by atoms with E-state index in [4.69, 9.17) is 0 Å². The van der Waals surface area contributed by atoms with Gasteiger partial charge >= 0.3 is 0 Å². The molecule has 2 aromatic carbocycles. The third-order valence-corrected chi connectivity index (χ3v) is 4.28. The van der Waals surface area contributed by atoms with E-state index in [0.29, 0.717) is 11.3 Å². The van der Waals surface area contributed by atoms with Gasteiger partial charge < -0.3 is 0 Å². The molecule has 0 aliphatic rings.